The third kappa shape index (κ3) is 5.03. The van der Waals surface area contributed by atoms with E-state index in [9.17, 15) is 4.79 Å². The summed E-state index contributed by atoms with van der Waals surface area (Å²) >= 11 is 1.68. The van der Waals surface area contributed by atoms with E-state index in [1.165, 1.54) is 10.4 Å². The fourth-order valence-electron chi connectivity index (χ4n) is 3.81. The number of hydrogen-bond donors (Lipinski definition) is 2. The third-order valence-corrected chi connectivity index (χ3v) is 6.80. The zero-order valence-electron chi connectivity index (χ0n) is 18.2. The Balaban J connectivity index is 1.57. The highest BCUT2D eigenvalue weighted by atomic mass is 32.1. The van der Waals surface area contributed by atoms with Crippen molar-refractivity contribution in [2.75, 3.05) is 38.2 Å². The molecular formula is C21H29N7O2S. The van der Waals surface area contributed by atoms with Crippen LogP contribution in [-0.2, 0) is 29.5 Å². The number of aromatic nitrogens is 4. The van der Waals surface area contributed by atoms with Crippen LogP contribution < -0.4 is 11.1 Å². The standard InChI is InChI=1S/C21H29N7O2S/c1-13-14(2)31-21-18(13)20(25-17(26-21)12-28-4-6-30-7-5-28)23-10-16(19(22)29)8-15-9-24-27(3)11-15/h9,11,16H,4-8,10,12H2,1-3H3,(H2,22,29)(H,23,25,26)/t16-/m0/s1. The number of morpholine rings is 1. The first-order chi connectivity index (χ1) is 14.9. The van der Waals surface area contributed by atoms with Gasteiger partial charge in [-0.1, -0.05) is 0 Å². The molecule has 10 heteroatoms. The molecule has 1 aliphatic heterocycles. The van der Waals surface area contributed by atoms with E-state index in [0.29, 0.717) is 19.5 Å². The molecule has 0 unspecified atom stereocenters. The van der Waals surface area contributed by atoms with Crippen LogP contribution >= 0.6 is 11.3 Å². The van der Waals surface area contributed by atoms with Gasteiger partial charge in [-0.3, -0.25) is 14.4 Å². The molecule has 4 rings (SSSR count). The van der Waals surface area contributed by atoms with E-state index in [-0.39, 0.29) is 11.8 Å². The molecule has 0 saturated carbocycles. The Morgan fingerprint density at radius 1 is 1.32 bits per heavy atom. The summed E-state index contributed by atoms with van der Waals surface area (Å²) in [5.41, 5.74) is 7.85. The molecule has 1 fully saturated rings. The number of carbonyl (C=O) groups excluding carboxylic acids is 1. The number of amides is 1. The second kappa shape index (κ2) is 9.29. The average molecular weight is 444 g/mol. The Labute approximate surface area is 185 Å². The van der Waals surface area contributed by atoms with Crippen LogP contribution in [0.4, 0.5) is 5.82 Å². The molecule has 3 aromatic rings. The maximum Gasteiger partial charge on any atom is 0.222 e. The van der Waals surface area contributed by atoms with Gasteiger partial charge in [-0.25, -0.2) is 9.97 Å². The molecule has 0 bridgehead atoms. The largest absolute Gasteiger partial charge is 0.379 e. The number of hydrogen-bond acceptors (Lipinski definition) is 8. The highest BCUT2D eigenvalue weighted by Crippen LogP contribution is 2.33. The second-order valence-corrected chi connectivity index (χ2v) is 9.25. The van der Waals surface area contributed by atoms with Gasteiger partial charge >= 0.3 is 0 Å². The predicted molar refractivity (Wildman–Crippen MR) is 121 cm³/mol. The van der Waals surface area contributed by atoms with Crippen LogP contribution in [0.25, 0.3) is 10.2 Å². The first-order valence-electron chi connectivity index (χ1n) is 10.5. The fourth-order valence-corrected chi connectivity index (χ4v) is 4.85. The minimum Gasteiger partial charge on any atom is -0.379 e. The van der Waals surface area contributed by atoms with Gasteiger partial charge in [-0.2, -0.15) is 5.10 Å². The minimum absolute atomic E-state index is 0.339. The molecule has 0 aromatic carbocycles. The number of thiophene rings is 1. The minimum atomic E-state index is -0.364. The van der Waals surface area contributed by atoms with Crippen molar-refractivity contribution in [3.05, 3.63) is 34.2 Å². The van der Waals surface area contributed by atoms with Crippen LogP contribution in [0.15, 0.2) is 12.4 Å². The van der Waals surface area contributed by atoms with Gasteiger partial charge in [0.05, 0.1) is 37.3 Å². The van der Waals surface area contributed by atoms with Crippen LogP contribution in [0.3, 0.4) is 0 Å². The van der Waals surface area contributed by atoms with Gasteiger partial charge in [0.15, 0.2) is 0 Å². The van der Waals surface area contributed by atoms with E-state index in [1.54, 1.807) is 22.2 Å². The lowest BCUT2D eigenvalue weighted by Crippen LogP contribution is -2.36. The van der Waals surface area contributed by atoms with E-state index in [4.69, 9.17) is 20.4 Å². The lowest BCUT2D eigenvalue weighted by Gasteiger charge is -2.26. The van der Waals surface area contributed by atoms with Gasteiger partial charge in [0.1, 0.15) is 16.5 Å². The van der Waals surface area contributed by atoms with Crippen LogP contribution in [-0.4, -0.2) is 63.4 Å². The van der Waals surface area contributed by atoms with Crippen LogP contribution in [0.5, 0.6) is 0 Å². The smallest absolute Gasteiger partial charge is 0.222 e. The van der Waals surface area contributed by atoms with Crippen LogP contribution in [0, 0.1) is 19.8 Å². The summed E-state index contributed by atoms with van der Waals surface area (Å²) in [5, 5.41) is 8.62. The Morgan fingerprint density at radius 2 is 2.10 bits per heavy atom. The van der Waals surface area contributed by atoms with Crippen LogP contribution in [0.2, 0.25) is 0 Å². The molecule has 1 saturated heterocycles. The summed E-state index contributed by atoms with van der Waals surface area (Å²) in [7, 11) is 1.86. The summed E-state index contributed by atoms with van der Waals surface area (Å²) in [6.45, 7) is 8.50. The topological polar surface area (TPSA) is 111 Å². The summed E-state index contributed by atoms with van der Waals surface area (Å²) in [6, 6.07) is 0. The van der Waals surface area contributed by atoms with Crippen molar-refractivity contribution in [2.24, 2.45) is 18.7 Å². The maximum atomic E-state index is 12.1. The lowest BCUT2D eigenvalue weighted by atomic mass is 10.0. The van der Waals surface area contributed by atoms with Gasteiger partial charge in [-0.15, -0.1) is 11.3 Å². The van der Waals surface area contributed by atoms with Gasteiger partial charge < -0.3 is 15.8 Å². The molecule has 166 valence electrons. The molecule has 9 nitrogen and oxygen atoms in total. The number of fused-ring (bicyclic) bond motifs is 1. The zero-order chi connectivity index (χ0) is 22.0. The summed E-state index contributed by atoms with van der Waals surface area (Å²) in [6.07, 6.45) is 4.21. The molecule has 3 aromatic heterocycles. The Kier molecular flexibility index (Phi) is 6.49. The molecule has 4 heterocycles. The normalized spacial score (nSPS) is 16.0. The Morgan fingerprint density at radius 3 is 2.77 bits per heavy atom. The number of nitrogens with one attached hydrogen (secondary N) is 1. The van der Waals surface area contributed by atoms with Crippen LogP contribution in [0.1, 0.15) is 21.8 Å². The summed E-state index contributed by atoms with van der Waals surface area (Å²) < 4.78 is 7.17. The van der Waals surface area contributed by atoms with Gasteiger partial charge in [0, 0.05) is 37.8 Å². The van der Waals surface area contributed by atoms with Crippen molar-refractivity contribution in [2.45, 2.75) is 26.8 Å². The average Bonchev–Trinajstić information content (AvgIpc) is 3.27. The molecule has 1 aliphatic rings. The SMILES string of the molecule is Cc1sc2nc(CN3CCOCC3)nc(NC[C@H](Cc3cnn(C)c3)C(N)=O)c2c1C. The van der Waals surface area contributed by atoms with Gasteiger partial charge in [0.25, 0.3) is 0 Å². The van der Waals surface area contributed by atoms with Crippen molar-refractivity contribution in [3.8, 4) is 0 Å². The number of rotatable bonds is 8. The van der Waals surface area contributed by atoms with Gasteiger partial charge in [-0.05, 0) is 31.4 Å². The van der Waals surface area contributed by atoms with E-state index in [1.807, 2.05) is 13.2 Å². The Bertz CT molecular complexity index is 1070. The number of anilines is 1. The highest BCUT2D eigenvalue weighted by Gasteiger charge is 2.21. The molecule has 1 atom stereocenters. The van der Waals surface area contributed by atoms with E-state index >= 15 is 0 Å². The number of aryl methyl sites for hydroxylation is 3. The predicted octanol–water partition coefficient (Wildman–Crippen LogP) is 1.63. The van der Waals surface area contributed by atoms with E-state index in [2.05, 4.69) is 29.2 Å². The maximum absolute atomic E-state index is 12.1. The van der Waals surface area contributed by atoms with Crippen molar-refractivity contribution in [1.29, 1.82) is 0 Å². The fraction of sp³-hybridized carbons (Fsp3) is 0.524. The number of nitrogens with zero attached hydrogens (tertiary/aromatic N) is 5. The highest BCUT2D eigenvalue weighted by molar-refractivity contribution is 7.18. The summed E-state index contributed by atoms with van der Waals surface area (Å²) in [4.78, 5) is 26.3. The lowest BCUT2D eigenvalue weighted by molar-refractivity contribution is -0.121. The molecule has 31 heavy (non-hydrogen) atoms. The molecule has 3 N–H and O–H groups in total. The van der Waals surface area contributed by atoms with Crippen molar-refractivity contribution in [1.82, 2.24) is 24.6 Å². The van der Waals surface area contributed by atoms with E-state index in [0.717, 1.165) is 53.7 Å². The third-order valence-electron chi connectivity index (χ3n) is 5.70. The number of primary amides is 1. The van der Waals surface area contributed by atoms with Crippen molar-refractivity contribution < 1.29 is 9.53 Å². The van der Waals surface area contributed by atoms with E-state index < -0.39 is 0 Å². The summed E-state index contributed by atoms with van der Waals surface area (Å²) in [5.74, 6) is 0.846. The first kappa shape index (κ1) is 21.7. The quantitative estimate of drug-likeness (QED) is 0.544. The molecule has 0 spiro atoms. The molecule has 0 aliphatic carbocycles. The zero-order valence-corrected chi connectivity index (χ0v) is 19.0. The molecule has 0 radical (unpaired) electrons. The number of carbonyl (C=O) groups is 1. The first-order valence-corrected chi connectivity index (χ1v) is 11.3. The molecule has 1 amide bonds. The van der Waals surface area contributed by atoms with Crippen molar-refractivity contribution in [3.63, 3.8) is 0 Å². The number of ether oxygens (including phenoxy) is 1. The Hall–Kier alpha value is -2.56. The van der Waals surface area contributed by atoms with Crippen molar-refractivity contribution >= 4 is 33.3 Å². The monoisotopic (exact) mass is 443 g/mol. The molecular weight excluding hydrogens is 414 g/mol. The van der Waals surface area contributed by atoms with Gasteiger partial charge in [0.2, 0.25) is 5.91 Å². The number of nitrogens with two attached hydrogens (primary N) is 1. The second-order valence-electron chi connectivity index (χ2n) is 8.05.